The van der Waals surface area contributed by atoms with Crippen molar-refractivity contribution in [1.29, 1.82) is 0 Å². The molecule has 1 aromatic carbocycles. The van der Waals surface area contributed by atoms with E-state index in [0.29, 0.717) is 49.4 Å². The van der Waals surface area contributed by atoms with Crippen LogP contribution in [-0.4, -0.2) is 50.6 Å². The molecule has 4 N–H and O–H groups in total. The number of nitrogens with two attached hydrogens (primary N) is 1. The second-order valence-electron chi connectivity index (χ2n) is 4.61. The van der Waals surface area contributed by atoms with Crippen molar-refractivity contribution in [2.45, 2.75) is 13.5 Å². The molecule has 0 saturated carbocycles. The molecule has 0 aliphatic heterocycles. The molecule has 0 saturated heterocycles. The van der Waals surface area contributed by atoms with Crippen LogP contribution in [0.25, 0.3) is 0 Å². The monoisotopic (exact) mass is 346 g/mol. The summed E-state index contributed by atoms with van der Waals surface area (Å²) >= 11 is 6.20. The molecule has 0 radical (unpaired) electrons. The third kappa shape index (κ3) is 7.51. The molecule has 1 rings (SSSR count). The van der Waals surface area contributed by atoms with Gasteiger partial charge in [-0.25, -0.2) is 0 Å². The summed E-state index contributed by atoms with van der Waals surface area (Å²) in [5, 5.41) is 12.1. The third-order valence-electron chi connectivity index (χ3n) is 2.72. The average molecular weight is 347 g/mol. The molecule has 0 aromatic heterocycles. The van der Waals surface area contributed by atoms with Crippen molar-refractivity contribution < 1.29 is 24.1 Å². The molecular formula is C15H23ClN2O5. The Morgan fingerprint density at radius 2 is 2.13 bits per heavy atom. The zero-order valence-electron chi connectivity index (χ0n) is 13.1. The molecule has 0 atom stereocenters. The fourth-order valence-corrected chi connectivity index (χ4v) is 2.10. The predicted octanol–water partition coefficient (Wildman–Crippen LogP) is 0.701. The van der Waals surface area contributed by atoms with Crippen LogP contribution in [0.4, 0.5) is 0 Å². The van der Waals surface area contributed by atoms with Gasteiger partial charge >= 0.3 is 0 Å². The molecule has 0 aliphatic carbocycles. The summed E-state index contributed by atoms with van der Waals surface area (Å²) in [6.45, 7) is 4.07. The van der Waals surface area contributed by atoms with E-state index >= 15 is 0 Å². The van der Waals surface area contributed by atoms with Crippen LogP contribution in [0.5, 0.6) is 11.5 Å². The number of halogens is 1. The number of hydrogen-bond donors (Lipinski definition) is 3. The van der Waals surface area contributed by atoms with Crippen molar-refractivity contribution in [2.24, 2.45) is 5.73 Å². The van der Waals surface area contributed by atoms with Crippen molar-refractivity contribution in [3.63, 3.8) is 0 Å². The summed E-state index contributed by atoms with van der Waals surface area (Å²) in [6.07, 6.45) is 0. The molecule has 0 bridgehead atoms. The van der Waals surface area contributed by atoms with Gasteiger partial charge in [-0.05, 0) is 24.6 Å². The Morgan fingerprint density at radius 1 is 1.35 bits per heavy atom. The number of ether oxygens (including phenoxy) is 3. The van der Waals surface area contributed by atoms with Crippen molar-refractivity contribution in [2.75, 3.05) is 39.6 Å². The normalized spacial score (nSPS) is 10.6. The first-order valence-corrected chi connectivity index (χ1v) is 7.71. The Balaban J connectivity index is 2.65. The van der Waals surface area contributed by atoms with E-state index in [1.807, 2.05) is 6.92 Å². The van der Waals surface area contributed by atoms with Crippen LogP contribution in [0.15, 0.2) is 12.1 Å². The largest absolute Gasteiger partial charge is 0.490 e. The highest BCUT2D eigenvalue weighted by Crippen LogP contribution is 2.36. The van der Waals surface area contributed by atoms with Gasteiger partial charge in [0.05, 0.1) is 31.5 Å². The molecular weight excluding hydrogens is 324 g/mol. The second kappa shape index (κ2) is 11.1. The van der Waals surface area contributed by atoms with E-state index in [1.165, 1.54) is 0 Å². The number of hydrogen-bond acceptors (Lipinski definition) is 6. The molecule has 1 aromatic rings. The average Bonchev–Trinajstić information content (AvgIpc) is 2.50. The van der Waals surface area contributed by atoms with Gasteiger partial charge < -0.3 is 30.4 Å². The van der Waals surface area contributed by atoms with Crippen molar-refractivity contribution in [1.82, 2.24) is 5.32 Å². The second-order valence-corrected chi connectivity index (χ2v) is 5.01. The topological polar surface area (TPSA) is 103 Å². The van der Waals surface area contributed by atoms with E-state index in [4.69, 9.17) is 36.7 Å². The van der Waals surface area contributed by atoms with Crippen LogP contribution in [0.3, 0.4) is 0 Å². The fourth-order valence-electron chi connectivity index (χ4n) is 1.81. The molecule has 130 valence electrons. The van der Waals surface area contributed by atoms with Crippen molar-refractivity contribution >= 4 is 17.5 Å². The standard InChI is InChI=1S/C15H23ClN2O5/c1-2-22-13-8-11(9-18-3-5-21-6-4-19)7-12(16)15(13)23-10-14(17)20/h7-8,18-19H,2-6,9-10H2,1H3,(H2,17,20). The molecule has 7 nitrogen and oxygen atoms in total. The highest BCUT2D eigenvalue weighted by Gasteiger charge is 2.13. The molecule has 0 unspecified atom stereocenters. The first-order valence-electron chi connectivity index (χ1n) is 7.34. The van der Waals surface area contributed by atoms with Gasteiger partial charge in [0.1, 0.15) is 0 Å². The summed E-state index contributed by atoms with van der Waals surface area (Å²) in [7, 11) is 0. The van der Waals surface area contributed by atoms with Crippen molar-refractivity contribution in [3.05, 3.63) is 22.7 Å². The number of primary amides is 1. The van der Waals surface area contributed by atoms with Crippen LogP contribution >= 0.6 is 11.6 Å². The lowest BCUT2D eigenvalue weighted by Gasteiger charge is -2.15. The van der Waals surface area contributed by atoms with Crippen molar-refractivity contribution in [3.8, 4) is 11.5 Å². The number of carbonyl (C=O) groups excluding carboxylic acids is 1. The number of aliphatic hydroxyl groups is 1. The summed E-state index contributed by atoms with van der Waals surface area (Å²) in [5.41, 5.74) is 5.98. The lowest BCUT2D eigenvalue weighted by atomic mass is 10.2. The minimum atomic E-state index is -0.586. The number of benzene rings is 1. The van der Waals surface area contributed by atoms with Crippen LogP contribution in [0.2, 0.25) is 5.02 Å². The highest BCUT2D eigenvalue weighted by atomic mass is 35.5. The summed E-state index contributed by atoms with van der Waals surface area (Å²) in [4.78, 5) is 10.8. The third-order valence-corrected chi connectivity index (χ3v) is 3.00. The highest BCUT2D eigenvalue weighted by molar-refractivity contribution is 6.32. The smallest absolute Gasteiger partial charge is 0.255 e. The van der Waals surface area contributed by atoms with E-state index in [1.54, 1.807) is 12.1 Å². The van der Waals surface area contributed by atoms with E-state index in [2.05, 4.69) is 5.32 Å². The predicted molar refractivity (Wildman–Crippen MR) is 86.9 cm³/mol. The Labute approximate surface area is 140 Å². The van der Waals surface area contributed by atoms with Gasteiger partial charge in [-0.3, -0.25) is 4.79 Å². The zero-order chi connectivity index (χ0) is 17.1. The maximum absolute atomic E-state index is 10.8. The lowest BCUT2D eigenvalue weighted by Crippen LogP contribution is -2.21. The van der Waals surface area contributed by atoms with Gasteiger partial charge in [-0.15, -0.1) is 0 Å². The Morgan fingerprint density at radius 3 is 2.78 bits per heavy atom. The maximum atomic E-state index is 10.8. The van der Waals surface area contributed by atoms with E-state index in [0.717, 1.165) is 5.56 Å². The molecule has 8 heteroatoms. The molecule has 0 fully saturated rings. The lowest BCUT2D eigenvalue weighted by molar-refractivity contribution is -0.119. The van der Waals surface area contributed by atoms with Gasteiger partial charge in [-0.1, -0.05) is 11.6 Å². The number of amides is 1. The first-order chi connectivity index (χ1) is 11.1. The molecule has 0 aliphatic rings. The minimum absolute atomic E-state index is 0.0140. The number of rotatable bonds is 12. The molecule has 0 spiro atoms. The van der Waals surface area contributed by atoms with Gasteiger partial charge in [0.25, 0.3) is 5.91 Å². The summed E-state index contributed by atoms with van der Waals surface area (Å²) in [5.74, 6) is 0.189. The summed E-state index contributed by atoms with van der Waals surface area (Å²) in [6, 6.07) is 3.54. The summed E-state index contributed by atoms with van der Waals surface area (Å²) < 4.78 is 16.0. The number of nitrogens with one attached hydrogen (secondary N) is 1. The molecule has 0 heterocycles. The van der Waals surface area contributed by atoms with Gasteiger partial charge in [0, 0.05) is 13.1 Å². The Bertz CT molecular complexity index is 499. The Hall–Kier alpha value is -1.54. The minimum Gasteiger partial charge on any atom is -0.490 e. The quantitative estimate of drug-likeness (QED) is 0.481. The number of carbonyl (C=O) groups is 1. The maximum Gasteiger partial charge on any atom is 0.255 e. The van der Waals surface area contributed by atoms with E-state index in [-0.39, 0.29) is 13.2 Å². The molecule has 23 heavy (non-hydrogen) atoms. The Kier molecular flexibility index (Phi) is 9.39. The van der Waals surface area contributed by atoms with E-state index < -0.39 is 5.91 Å². The number of aliphatic hydroxyl groups excluding tert-OH is 1. The van der Waals surface area contributed by atoms with Gasteiger partial charge in [-0.2, -0.15) is 0 Å². The van der Waals surface area contributed by atoms with E-state index in [9.17, 15) is 4.79 Å². The van der Waals surface area contributed by atoms with Crippen LogP contribution in [0.1, 0.15) is 12.5 Å². The van der Waals surface area contributed by atoms with Gasteiger partial charge in [0.15, 0.2) is 18.1 Å². The van der Waals surface area contributed by atoms with Crippen LogP contribution in [-0.2, 0) is 16.1 Å². The fraction of sp³-hybridized carbons (Fsp3) is 0.533. The van der Waals surface area contributed by atoms with Gasteiger partial charge in [0.2, 0.25) is 0 Å². The first kappa shape index (κ1) is 19.5. The zero-order valence-corrected chi connectivity index (χ0v) is 13.9. The van der Waals surface area contributed by atoms with Crippen LogP contribution in [0, 0.1) is 0 Å². The molecule has 1 amide bonds. The SMILES string of the molecule is CCOc1cc(CNCCOCCO)cc(Cl)c1OCC(N)=O. The van der Waals surface area contributed by atoms with Crippen LogP contribution < -0.4 is 20.5 Å².